The molecule has 130 heavy (non-hydrogen) atoms. The van der Waals surface area contributed by atoms with Crippen LogP contribution >= 0.6 is 0 Å². The molecule has 28 heteroatoms. The zero-order chi connectivity index (χ0) is 91.0. The lowest BCUT2D eigenvalue weighted by molar-refractivity contribution is -0.139. The number of methoxy groups -OCH3 is 5. The van der Waals surface area contributed by atoms with Crippen LogP contribution in [0.2, 0.25) is 0 Å². The normalized spacial score (nSPS) is 16.5. The molecule has 0 N–H and O–H groups in total. The van der Waals surface area contributed by atoms with E-state index in [-0.39, 0.29) is 48.4 Å². The highest BCUT2D eigenvalue weighted by Crippen LogP contribution is 2.54. The highest BCUT2D eigenvalue weighted by Gasteiger charge is 2.51. The van der Waals surface area contributed by atoms with Gasteiger partial charge in [0.1, 0.15) is 52.3 Å². The number of carbonyl (C=O) groups excluding carboxylic acids is 4. The summed E-state index contributed by atoms with van der Waals surface area (Å²) >= 11 is 0. The number of fused-ring (bicyclic) bond motifs is 16. The van der Waals surface area contributed by atoms with Crippen LogP contribution in [0, 0.1) is 13.8 Å². The zero-order valence-corrected chi connectivity index (χ0v) is 74.9. The number of benzene rings is 8. The number of hydrogen-bond acceptors (Lipinski definition) is 17. The maximum atomic E-state index is 13.7. The molecule has 676 valence electrons. The summed E-state index contributed by atoms with van der Waals surface area (Å²) in [7, 11) is 11.6. The van der Waals surface area contributed by atoms with E-state index in [0.29, 0.717) is 118 Å². The molecule has 0 saturated carbocycles. The molecule has 4 spiro atoms. The van der Waals surface area contributed by atoms with Crippen molar-refractivity contribution in [2.45, 2.75) is 120 Å². The summed E-state index contributed by atoms with van der Waals surface area (Å²) in [6.07, 6.45) is 9.78. The van der Waals surface area contributed by atoms with Crippen LogP contribution in [0.3, 0.4) is 0 Å². The maximum Gasteiger partial charge on any atom is 0.419 e. The van der Waals surface area contributed by atoms with Crippen molar-refractivity contribution >= 4 is 23.6 Å². The molecule has 0 bridgehead atoms. The first-order valence-electron chi connectivity index (χ1n) is 44.1. The van der Waals surface area contributed by atoms with Gasteiger partial charge in [-0.05, 0) is 160 Å². The average Bonchev–Trinajstić information content (AvgIpc) is 1.52. The van der Waals surface area contributed by atoms with Gasteiger partial charge in [-0.3, -0.25) is 28.5 Å². The van der Waals surface area contributed by atoms with Crippen LogP contribution in [0.4, 0.5) is 13.2 Å². The molecule has 4 saturated heterocycles. The first kappa shape index (κ1) is 88.4. The number of aromatic nitrogens is 6. The van der Waals surface area contributed by atoms with Gasteiger partial charge in [-0.15, -0.1) is 0 Å². The summed E-state index contributed by atoms with van der Waals surface area (Å²) in [5, 5.41) is 9.24. The van der Waals surface area contributed by atoms with Gasteiger partial charge in [0.2, 0.25) is 5.75 Å². The molecule has 20 rings (SSSR count). The molecule has 0 unspecified atom stereocenters. The van der Waals surface area contributed by atoms with Crippen molar-refractivity contribution < 1.29 is 84.5 Å². The number of ether oxygens (including phenoxy) is 11. The molecule has 25 nitrogen and oxygen atoms in total. The fourth-order valence-corrected chi connectivity index (χ4v) is 19.3. The van der Waals surface area contributed by atoms with Gasteiger partial charge in [0.25, 0.3) is 23.6 Å². The molecule has 0 aliphatic carbocycles. The molecule has 8 aromatic carbocycles. The number of nitrogens with zero attached hydrogens (tertiary/aromatic N) is 10. The van der Waals surface area contributed by atoms with Gasteiger partial charge in [0.15, 0.2) is 34.2 Å². The van der Waals surface area contributed by atoms with Crippen LogP contribution in [-0.4, -0.2) is 179 Å². The van der Waals surface area contributed by atoms with Crippen molar-refractivity contribution in [2.24, 2.45) is 14.1 Å². The number of hydrogen-bond donors (Lipinski definition) is 0. The molecule has 4 amide bonds. The van der Waals surface area contributed by atoms with Gasteiger partial charge < -0.3 is 80.8 Å². The summed E-state index contributed by atoms with van der Waals surface area (Å²) in [6.45, 7) is 12.7. The first-order chi connectivity index (χ1) is 62.9. The minimum absolute atomic E-state index is 0.00447. The van der Waals surface area contributed by atoms with E-state index in [1.54, 1.807) is 37.3 Å². The van der Waals surface area contributed by atoms with Crippen LogP contribution < -0.4 is 47.4 Å². The third kappa shape index (κ3) is 16.7. The highest BCUT2D eigenvalue weighted by molar-refractivity contribution is 5.99. The minimum Gasteiger partial charge on any atom is -0.493 e. The molecule has 0 radical (unpaired) electrons. The third-order valence-corrected chi connectivity index (χ3v) is 26.3. The zero-order valence-electron chi connectivity index (χ0n) is 74.9. The van der Waals surface area contributed by atoms with Crippen molar-refractivity contribution in [3.63, 3.8) is 0 Å². The Morgan fingerprint density at radius 1 is 0.469 bits per heavy atom. The Labute approximate surface area is 753 Å². The number of aryl methyl sites for hydroxylation is 4. The van der Waals surface area contributed by atoms with Crippen LogP contribution in [0.25, 0.3) is 33.9 Å². The van der Waals surface area contributed by atoms with Crippen molar-refractivity contribution in [3.05, 3.63) is 274 Å². The summed E-state index contributed by atoms with van der Waals surface area (Å²) in [4.78, 5) is 60.4. The van der Waals surface area contributed by atoms with Crippen molar-refractivity contribution in [1.82, 2.24) is 48.3 Å². The number of piperidine rings is 4. The number of alkyl halides is 3. The first-order valence-corrected chi connectivity index (χ1v) is 44.1. The van der Waals surface area contributed by atoms with E-state index in [4.69, 9.17) is 57.2 Å². The number of amides is 4. The standard InChI is InChI=1S/C27H30N2O4.C26H25F3N2O4.C25H27N3O5.C24H25N3O2/c1-4-19(2)32-23-12-11-20(18-24(23)31-3)26(30)28-16-13-27(14-17-28)25-10-7-15-29(25)21-8-5-6-9-22(21)33-27;1-33-15-16-34-21-9-8-18(17-19(21)26(27,28)29)24(32)30-13-10-25(11-14-30)23-7-4-12-31(23)20-5-2-3-6-22(20)35-25;1-27-15-18-21(26-27)16-7-5-6-8-19(16)33-25(18)11-13-28(14-12-25)24(29)17-9-10-20(30-2)23(32-4)22(17)31-3;1-16-8-9-18(17(2)14-16)23(28)27-12-10-24(11-13-27)20-15-25-26(3)22(20)19-6-4-5-7-21(19)29-24/h5-12,15,18-19H,4,13-14,16-17H2,1-3H3;2-9,12,17H,10-11,13-16H2,1H3;5-10,15H,11-14H2,1-4H3;4-9,14-15H,10-13H2,1-3H3/t19-;;;/m1.../s1. The Bertz CT molecular complexity index is 6200. The third-order valence-electron chi connectivity index (χ3n) is 26.3. The molecule has 4 aromatic heterocycles. The number of carbonyl (C=O) groups is 4. The van der Waals surface area contributed by atoms with Crippen LogP contribution in [-0.2, 0) is 47.4 Å². The van der Waals surface area contributed by atoms with Crippen molar-refractivity contribution in [1.29, 1.82) is 0 Å². The molecule has 12 aromatic rings. The molecule has 1 atom stereocenters. The number of rotatable bonds is 15. The van der Waals surface area contributed by atoms with Crippen molar-refractivity contribution in [2.75, 3.05) is 101 Å². The second-order valence-corrected chi connectivity index (χ2v) is 34.1. The van der Waals surface area contributed by atoms with Gasteiger partial charge in [-0.2, -0.15) is 23.4 Å². The van der Waals surface area contributed by atoms with Gasteiger partial charge in [-0.1, -0.05) is 73.2 Å². The van der Waals surface area contributed by atoms with Crippen LogP contribution in [0.15, 0.2) is 213 Å². The number of halogens is 3. The second kappa shape index (κ2) is 36.5. The molecular weight excluding hydrogens is 1660 g/mol. The van der Waals surface area contributed by atoms with E-state index >= 15 is 0 Å². The highest BCUT2D eigenvalue weighted by atomic mass is 19.4. The smallest absolute Gasteiger partial charge is 0.419 e. The fraction of sp³-hybridized carbons (Fsp3) is 0.353. The lowest BCUT2D eigenvalue weighted by Gasteiger charge is -2.45. The molecule has 8 aliphatic heterocycles. The van der Waals surface area contributed by atoms with E-state index in [1.807, 2.05) is 192 Å². The summed E-state index contributed by atoms with van der Waals surface area (Å²) < 4.78 is 113. The minimum atomic E-state index is -4.65. The Hall–Kier alpha value is -13.6. The van der Waals surface area contributed by atoms with Crippen LogP contribution in [0.1, 0.15) is 152 Å². The monoisotopic (exact) mass is 1770 g/mol. The van der Waals surface area contributed by atoms with E-state index in [2.05, 4.69) is 64.6 Å². The fourth-order valence-electron chi connectivity index (χ4n) is 19.3. The summed E-state index contributed by atoms with van der Waals surface area (Å²) in [6, 6.07) is 58.6. The topological polar surface area (TPSA) is 228 Å². The molecule has 4 fully saturated rings. The molecular formula is C102H107F3N10O15. The van der Waals surface area contributed by atoms with Gasteiger partial charge in [0, 0.05) is 182 Å². The Morgan fingerprint density at radius 2 is 0.938 bits per heavy atom. The van der Waals surface area contributed by atoms with Gasteiger partial charge in [-0.25, -0.2) is 0 Å². The summed E-state index contributed by atoms with van der Waals surface area (Å²) in [5.74, 6) is 5.19. The second-order valence-electron chi connectivity index (χ2n) is 34.1. The Morgan fingerprint density at radius 3 is 1.47 bits per heavy atom. The van der Waals surface area contributed by atoms with E-state index in [9.17, 15) is 32.3 Å². The van der Waals surface area contributed by atoms with Gasteiger partial charge in [0.05, 0.1) is 86.9 Å². The largest absolute Gasteiger partial charge is 0.493 e. The van der Waals surface area contributed by atoms with E-state index < -0.39 is 40.1 Å². The van der Waals surface area contributed by atoms with E-state index in [0.717, 1.165) is 129 Å². The Kier molecular flexibility index (Phi) is 24.8. The van der Waals surface area contributed by atoms with Crippen LogP contribution in [0.5, 0.6) is 57.5 Å². The van der Waals surface area contributed by atoms with E-state index in [1.165, 1.54) is 39.0 Å². The van der Waals surface area contributed by atoms with Crippen molar-refractivity contribution in [3.8, 4) is 91.4 Å². The number of likely N-dealkylation sites (tertiary alicyclic amines) is 4. The predicted molar refractivity (Wildman–Crippen MR) is 483 cm³/mol. The predicted octanol–water partition coefficient (Wildman–Crippen LogP) is 18.1. The lowest BCUT2D eigenvalue weighted by atomic mass is 9.81. The average molecular weight is 1770 g/mol. The SMILES string of the molecule is CC[C@@H](C)Oc1ccc(C(=O)N2CCC3(CC2)Oc2ccccc2-n2cccc23)cc1OC.COCCOc1ccc(C(=O)N2CCC3(CC2)Oc2ccccc2-n2cccc23)cc1C(F)(F)F.COc1ccc(C(=O)N2CCC3(CC2)Oc2ccccc2-c2nn(C)cc23)c(OC)c1OC.Cc1ccc(C(=O)N2CCC3(CC2)Oc2ccccc2-c2c3cnn2C)c(C)c1. The molecule has 8 aliphatic rings. The Balaban J connectivity index is 0.000000122. The summed E-state index contributed by atoms with van der Waals surface area (Å²) in [5.41, 5.74) is 11.7. The van der Waals surface area contributed by atoms with Gasteiger partial charge >= 0.3 is 6.18 Å². The maximum absolute atomic E-state index is 13.7. The lowest BCUT2D eigenvalue weighted by Crippen LogP contribution is -2.50. The molecule has 12 heterocycles. The quantitative estimate of drug-likeness (QED) is 0.0869. The number of para-hydroxylation sites is 6.